The molecule has 0 N–H and O–H groups in total. The minimum atomic E-state index is 1.17. The molecule has 0 radical (unpaired) electrons. The summed E-state index contributed by atoms with van der Waals surface area (Å²) in [6, 6.07) is 70.2. The molecule has 3 heteroatoms. The van der Waals surface area contributed by atoms with Crippen LogP contribution in [0.2, 0.25) is 0 Å². The van der Waals surface area contributed by atoms with Gasteiger partial charge in [0.2, 0.25) is 0 Å². The zero-order valence-corrected chi connectivity index (χ0v) is 31.7. The fourth-order valence-electron chi connectivity index (χ4n) is 11.4. The summed E-state index contributed by atoms with van der Waals surface area (Å²) in [4.78, 5) is 0. The molecule has 3 nitrogen and oxygen atoms in total. The maximum atomic E-state index is 2.61. The number of hydrogen-bond acceptors (Lipinski definition) is 0. The quantitative estimate of drug-likeness (QED) is 0.167. The molecule has 10 aromatic carbocycles. The molecule has 0 unspecified atom stereocenters. The van der Waals surface area contributed by atoms with E-state index >= 15 is 0 Å². The van der Waals surface area contributed by atoms with Gasteiger partial charge < -0.3 is 13.4 Å². The number of hydrogen-bond donors (Lipinski definition) is 0. The van der Waals surface area contributed by atoms with Crippen LogP contribution in [0, 0.1) is 0 Å². The maximum absolute atomic E-state index is 2.61. The predicted octanol–water partition coefficient (Wildman–Crippen LogP) is 15.1. The molecule has 0 aliphatic heterocycles. The van der Waals surface area contributed by atoms with Crippen LogP contribution in [-0.2, 0) is 0 Å². The summed E-state index contributed by atoms with van der Waals surface area (Å²) >= 11 is 0. The summed E-state index contributed by atoms with van der Waals surface area (Å²) in [5, 5.41) is 18.2. The van der Waals surface area contributed by atoms with Crippen molar-refractivity contribution in [3.05, 3.63) is 188 Å². The second-order valence-electron chi connectivity index (χ2n) is 16.4. The molecule has 270 valence electrons. The van der Waals surface area contributed by atoms with Gasteiger partial charge in [0, 0.05) is 65.1 Å². The molecule has 0 fully saturated rings. The van der Waals surface area contributed by atoms with Crippen molar-refractivity contribution in [2.75, 3.05) is 0 Å². The van der Waals surface area contributed by atoms with Crippen LogP contribution in [0.3, 0.4) is 0 Å². The summed E-state index contributed by atoms with van der Waals surface area (Å²) in [6.07, 6.45) is 0. The second kappa shape index (κ2) is 10.5. The van der Waals surface area contributed by atoms with Gasteiger partial charge in [-0.3, -0.25) is 0 Å². The van der Waals surface area contributed by atoms with Gasteiger partial charge in [-0.25, -0.2) is 0 Å². The molecule has 0 spiro atoms. The zero-order valence-electron chi connectivity index (χ0n) is 31.7. The lowest BCUT2D eigenvalue weighted by Crippen LogP contribution is -1.93. The molecule has 15 rings (SSSR count). The van der Waals surface area contributed by atoms with Gasteiger partial charge >= 0.3 is 0 Å². The Labute approximate surface area is 336 Å². The molecule has 0 aliphatic rings. The van der Waals surface area contributed by atoms with Gasteiger partial charge in [-0.05, 0) is 81.7 Å². The van der Waals surface area contributed by atoms with Crippen molar-refractivity contribution in [1.82, 2.24) is 13.4 Å². The molecule has 0 bridgehead atoms. The SMILES string of the molecule is c1ccc(-n2c3ccccc3c3cc(-c4c5ccccc5cc5c6cccc7c8c9c%10cccc%11c%12c%13ccccc%13ccc%12n(c9ccc8n(c45)c67)c%11%10)ccc32)cc1. The number of aromatic nitrogens is 3. The third-order valence-electron chi connectivity index (χ3n) is 13.6. The van der Waals surface area contributed by atoms with E-state index in [0.29, 0.717) is 0 Å². The monoisotopic (exact) mass is 745 g/mol. The first-order valence-electron chi connectivity index (χ1n) is 20.5. The van der Waals surface area contributed by atoms with Crippen molar-refractivity contribution in [1.29, 1.82) is 0 Å². The predicted molar refractivity (Wildman–Crippen MR) is 251 cm³/mol. The number of benzene rings is 10. The van der Waals surface area contributed by atoms with Crippen molar-refractivity contribution in [2.24, 2.45) is 0 Å². The molecule has 0 atom stereocenters. The smallest absolute Gasteiger partial charge is 0.0626 e. The Morgan fingerprint density at radius 3 is 1.64 bits per heavy atom. The first-order valence-corrected chi connectivity index (χ1v) is 20.5. The third-order valence-corrected chi connectivity index (χ3v) is 13.6. The van der Waals surface area contributed by atoms with Gasteiger partial charge in [0.1, 0.15) is 0 Å². The Balaban J connectivity index is 1.11. The van der Waals surface area contributed by atoms with Gasteiger partial charge in [-0.15, -0.1) is 0 Å². The fourth-order valence-corrected chi connectivity index (χ4v) is 11.4. The normalized spacial score (nSPS) is 12.7. The van der Waals surface area contributed by atoms with Crippen molar-refractivity contribution in [3.8, 4) is 16.8 Å². The van der Waals surface area contributed by atoms with Gasteiger partial charge in [-0.2, -0.15) is 0 Å². The van der Waals surface area contributed by atoms with Crippen LogP contribution >= 0.6 is 0 Å². The standard InChI is InChI=1S/C56H31N3/c1-2-14-35(15-3-1)57-45-23-9-8-18-38(45)43-31-34(25-26-46(43)57)50-37-17-7-5-13-33(37)30-44-39-19-10-21-41-53-49(59(54(39)41)56(44)50)29-28-48-52(53)42-22-11-20-40-51-36-16-6-4-12-32(36)24-27-47(51)58(48)55(40)42/h1-31H. The minimum absolute atomic E-state index is 1.17. The van der Waals surface area contributed by atoms with Crippen LogP contribution in [0.25, 0.3) is 136 Å². The molecular formula is C56H31N3. The summed E-state index contributed by atoms with van der Waals surface area (Å²) in [6.45, 7) is 0. The largest absolute Gasteiger partial charge is 0.309 e. The van der Waals surface area contributed by atoms with Crippen LogP contribution in [0.1, 0.15) is 0 Å². The van der Waals surface area contributed by atoms with Crippen molar-refractivity contribution in [3.63, 3.8) is 0 Å². The van der Waals surface area contributed by atoms with E-state index in [9.17, 15) is 0 Å². The minimum Gasteiger partial charge on any atom is -0.309 e. The molecule has 15 aromatic rings. The topological polar surface area (TPSA) is 13.8 Å². The highest BCUT2D eigenvalue weighted by Crippen LogP contribution is 2.50. The molecule has 0 saturated carbocycles. The Morgan fingerprint density at radius 1 is 0.271 bits per heavy atom. The lowest BCUT2D eigenvalue weighted by Gasteiger charge is -2.13. The summed E-state index contributed by atoms with van der Waals surface area (Å²) in [5.41, 5.74) is 13.8. The van der Waals surface area contributed by atoms with E-state index in [1.165, 1.54) is 136 Å². The fraction of sp³-hybridized carbons (Fsp3) is 0. The Hall–Kier alpha value is -7.88. The summed E-state index contributed by atoms with van der Waals surface area (Å²) < 4.78 is 7.55. The average molecular weight is 746 g/mol. The molecule has 5 aromatic heterocycles. The number of para-hydroxylation sites is 4. The first kappa shape index (κ1) is 30.3. The van der Waals surface area contributed by atoms with Crippen molar-refractivity contribution in [2.45, 2.75) is 0 Å². The second-order valence-corrected chi connectivity index (χ2v) is 16.4. The molecular weight excluding hydrogens is 715 g/mol. The van der Waals surface area contributed by atoms with Gasteiger partial charge in [0.05, 0.1) is 44.1 Å². The van der Waals surface area contributed by atoms with Gasteiger partial charge in [-0.1, -0.05) is 133 Å². The zero-order chi connectivity index (χ0) is 38.1. The van der Waals surface area contributed by atoms with E-state index in [0.717, 1.165) is 0 Å². The van der Waals surface area contributed by atoms with E-state index in [1.807, 2.05) is 0 Å². The van der Waals surface area contributed by atoms with E-state index in [4.69, 9.17) is 0 Å². The maximum Gasteiger partial charge on any atom is 0.0626 e. The highest BCUT2D eigenvalue weighted by Gasteiger charge is 2.26. The number of rotatable bonds is 2. The summed E-state index contributed by atoms with van der Waals surface area (Å²) in [5.74, 6) is 0. The lowest BCUT2D eigenvalue weighted by molar-refractivity contribution is 1.18. The van der Waals surface area contributed by atoms with E-state index in [1.54, 1.807) is 0 Å². The average Bonchev–Trinajstić information content (AvgIpc) is 4.09. The van der Waals surface area contributed by atoms with Gasteiger partial charge in [0.15, 0.2) is 0 Å². The van der Waals surface area contributed by atoms with Crippen LogP contribution in [0.15, 0.2) is 188 Å². The highest BCUT2D eigenvalue weighted by atomic mass is 15.0. The Bertz CT molecular complexity index is 4290. The molecule has 0 aliphatic carbocycles. The van der Waals surface area contributed by atoms with Crippen molar-refractivity contribution < 1.29 is 0 Å². The van der Waals surface area contributed by atoms with Crippen LogP contribution in [-0.4, -0.2) is 13.4 Å². The van der Waals surface area contributed by atoms with Crippen molar-refractivity contribution >= 4 is 120 Å². The molecule has 0 amide bonds. The van der Waals surface area contributed by atoms with Crippen LogP contribution in [0.4, 0.5) is 0 Å². The number of nitrogens with zero attached hydrogens (tertiary/aromatic N) is 3. The summed E-state index contributed by atoms with van der Waals surface area (Å²) in [7, 11) is 0. The lowest BCUT2D eigenvalue weighted by atomic mass is 9.93. The van der Waals surface area contributed by atoms with E-state index in [2.05, 4.69) is 201 Å². The Kier molecular flexibility index (Phi) is 5.41. The van der Waals surface area contributed by atoms with E-state index in [-0.39, 0.29) is 0 Å². The molecule has 5 heterocycles. The third kappa shape index (κ3) is 3.58. The first-order chi connectivity index (χ1) is 29.3. The van der Waals surface area contributed by atoms with E-state index < -0.39 is 0 Å². The molecule has 59 heavy (non-hydrogen) atoms. The van der Waals surface area contributed by atoms with Crippen LogP contribution in [0.5, 0.6) is 0 Å². The number of fused-ring (bicyclic) bond motifs is 19. The molecule has 0 saturated heterocycles. The Morgan fingerprint density at radius 2 is 0.831 bits per heavy atom. The van der Waals surface area contributed by atoms with Crippen LogP contribution < -0.4 is 0 Å². The van der Waals surface area contributed by atoms with Gasteiger partial charge in [0.25, 0.3) is 0 Å². The highest BCUT2D eigenvalue weighted by molar-refractivity contribution is 6.37.